The van der Waals surface area contributed by atoms with E-state index in [1.165, 1.54) is 17.8 Å². The second kappa shape index (κ2) is 10.8. The zero-order chi connectivity index (χ0) is 24.2. The summed E-state index contributed by atoms with van der Waals surface area (Å²) in [6, 6.07) is 5.23. The monoisotopic (exact) mass is 503 g/mol. The molecule has 0 aromatic heterocycles. The fraction of sp³-hybridized carbons (Fsp3) is 0.435. The molecule has 1 heterocycles. The number of alkyl halides is 3. The second-order valence-electron chi connectivity index (χ2n) is 7.64. The Balaban J connectivity index is 1.50. The van der Waals surface area contributed by atoms with E-state index in [2.05, 4.69) is 0 Å². The van der Waals surface area contributed by atoms with Gasteiger partial charge in [0, 0.05) is 28.7 Å². The minimum atomic E-state index is -4.48. The molecular weight excluding hydrogens is 479 g/mol. The number of fused-ring (bicyclic) bond motifs is 1. The Labute approximate surface area is 199 Å². The van der Waals surface area contributed by atoms with Gasteiger partial charge >= 0.3 is 12.1 Å². The minimum Gasteiger partial charge on any atom is -0.494 e. The van der Waals surface area contributed by atoms with Crippen LogP contribution in [0.15, 0.2) is 58.0 Å². The van der Waals surface area contributed by atoms with Crippen molar-refractivity contribution in [3.05, 3.63) is 63.7 Å². The van der Waals surface area contributed by atoms with Gasteiger partial charge in [0.25, 0.3) is 0 Å². The summed E-state index contributed by atoms with van der Waals surface area (Å²) in [7, 11) is 0. The molecule has 1 aliphatic heterocycles. The summed E-state index contributed by atoms with van der Waals surface area (Å²) in [4.78, 5) is 17.4. The standard InChI is InChI=1S/C23H25ClF3NO4S/c1-3-9-28-21(23(25,26)27)17-7-6-16(13-19(17)32-28)31-10-4-11-33-20-8-5-15(12-18(20)24)14(2)22(29)30/h5-6,8,12-14H,3-4,7,9-11H2,1-2H3,(H,29,30). The van der Waals surface area contributed by atoms with Gasteiger partial charge in [-0.3, -0.25) is 4.79 Å². The van der Waals surface area contributed by atoms with Crippen LogP contribution in [-0.4, -0.2) is 41.2 Å². The lowest BCUT2D eigenvalue weighted by atomic mass is 10.0. The highest BCUT2D eigenvalue weighted by Crippen LogP contribution is 2.43. The quantitative estimate of drug-likeness (QED) is 0.284. The number of rotatable bonds is 10. The third kappa shape index (κ3) is 6.20. The van der Waals surface area contributed by atoms with Crippen molar-refractivity contribution in [1.29, 1.82) is 0 Å². The van der Waals surface area contributed by atoms with Crippen LogP contribution in [0.1, 0.15) is 44.6 Å². The van der Waals surface area contributed by atoms with Gasteiger partial charge in [0.05, 0.1) is 24.1 Å². The molecule has 1 aromatic carbocycles. The number of benzene rings is 1. The highest BCUT2D eigenvalue weighted by molar-refractivity contribution is 7.99. The topological polar surface area (TPSA) is 59.0 Å². The van der Waals surface area contributed by atoms with Crippen molar-refractivity contribution < 1.29 is 32.6 Å². The molecule has 1 N–H and O–H groups in total. The fourth-order valence-electron chi connectivity index (χ4n) is 3.44. The zero-order valence-electron chi connectivity index (χ0n) is 18.2. The first-order valence-corrected chi connectivity index (χ1v) is 11.9. The number of thioether (sulfide) groups is 1. The van der Waals surface area contributed by atoms with Gasteiger partial charge in [0.1, 0.15) is 5.76 Å². The molecule has 180 valence electrons. The summed E-state index contributed by atoms with van der Waals surface area (Å²) >= 11 is 7.81. The molecule has 1 unspecified atom stereocenters. The van der Waals surface area contributed by atoms with Crippen molar-refractivity contribution in [3.63, 3.8) is 0 Å². The molecule has 3 rings (SSSR count). The van der Waals surface area contributed by atoms with Gasteiger partial charge in [0.15, 0.2) is 11.5 Å². The van der Waals surface area contributed by atoms with E-state index < -0.39 is 23.8 Å². The van der Waals surface area contributed by atoms with E-state index in [4.69, 9.17) is 26.3 Å². The summed E-state index contributed by atoms with van der Waals surface area (Å²) in [5.74, 6) is -0.155. The SMILES string of the molecule is CCCN1OC2=CC(OCCCSc3ccc(C(C)C(=O)O)cc3Cl)=CCC2=C1C(F)(F)F. The molecular formula is C23H25ClF3NO4S. The number of ether oxygens (including phenoxy) is 1. The van der Waals surface area contributed by atoms with Gasteiger partial charge in [-0.2, -0.15) is 13.2 Å². The lowest BCUT2D eigenvalue weighted by Crippen LogP contribution is -2.28. The van der Waals surface area contributed by atoms with Gasteiger partial charge < -0.3 is 14.7 Å². The van der Waals surface area contributed by atoms with Crippen LogP contribution >= 0.6 is 23.4 Å². The lowest BCUT2D eigenvalue weighted by molar-refractivity contribution is -0.161. The molecule has 5 nitrogen and oxygen atoms in total. The molecule has 0 bridgehead atoms. The van der Waals surface area contributed by atoms with Crippen molar-refractivity contribution >= 4 is 29.3 Å². The maximum Gasteiger partial charge on any atom is 0.434 e. The van der Waals surface area contributed by atoms with Crippen LogP contribution in [0.3, 0.4) is 0 Å². The third-order valence-electron chi connectivity index (χ3n) is 5.16. The largest absolute Gasteiger partial charge is 0.494 e. The molecule has 1 aliphatic carbocycles. The van der Waals surface area contributed by atoms with Crippen LogP contribution < -0.4 is 0 Å². The first kappa shape index (κ1) is 25.4. The summed E-state index contributed by atoms with van der Waals surface area (Å²) in [5, 5.41) is 10.5. The lowest BCUT2D eigenvalue weighted by Gasteiger charge is -2.21. The molecule has 10 heteroatoms. The van der Waals surface area contributed by atoms with Crippen LogP contribution in [0.2, 0.25) is 5.02 Å². The fourth-order valence-corrected chi connectivity index (χ4v) is 4.63. The van der Waals surface area contributed by atoms with E-state index in [-0.39, 0.29) is 24.3 Å². The Hall–Kier alpha value is -2.26. The maximum absolute atomic E-state index is 13.5. The Morgan fingerprint density at radius 2 is 2.15 bits per heavy atom. The van der Waals surface area contributed by atoms with Gasteiger partial charge in [-0.05, 0) is 43.5 Å². The summed E-state index contributed by atoms with van der Waals surface area (Å²) in [6.07, 6.45) is -0.0211. The summed E-state index contributed by atoms with van der Waals surface area (Å²) in [6.45, 7) is 3.94. The van der Waals surface area contributed by atoms with E-state index in [1.807, 2.05) is 6.07 Å². The summed E-state index contributed by atoms with van der Waals surface area (Å²) in [5.41, 5.74) is 0.0447. The number of carboxylic acids is 1. The molecule has 0 amide bonds. The zero-order valence-corrected chi connectivity index (χ0v) is 19.8. The number of hydrogen-bond acceptors (Lipinski definition) is 5. The van der Waals surface area contributed by atoms with Gasteiger partial charge in [-0.1, -0.05) is 24.6 Å². The van der Waals surface area contributed by atoms with Crippen LogP contribution in [-0.2, 0) is 14.4 Å². The average molecular weight is 504 g/mol. The highest BCUT2D eigenvalue weighted by atomic mass is 35.5. The number of halogens is 4. The van der Waals surface area contributed by atoms with Crippen LogP contribution in [0, 0.1) is 0 Å². The average Bonchev–Trinajstić information content (AvgIpc) is 3.11. The molecule has 0 radical (unpaired) electrons. The van der Waals surface area contributed by atoms with Gasteiger partial charge in [-0.15, -0.1) is 11.8 Å². The normalized spacial score (nSPS) is 16.7. The smallest absolute Gasteiger partial charge is 0.434 e. The van der Waals surface area contributed by atoms with Crippen molar-refractivity contribution in [2.45, 2.75) is 50.1 Å². The van der Waals surface area contributed by atoms with Crippen LogP contribution in [0.4, 0.5) is 13.2 Å². The molecule has 2 aliphatic rings. The number of hydroxylamine groups is 2. The van der Waals surface area contributed by atoms with Crippen LogP contribution in [0.25, 0.3) is 0 Å². The molecule has 1 aromatic rings. The second-order valence-corrected chi connectivity index (χ2v) is 9.18. The van der Waals surface area contributed by atoms with E-state index in [0.29, 0.717) is 41.5 Å². The van der Waals surface area contributed by atoms with Crippen molar-refractivity contribution in [1.82, 2.24) is 5.06 Å². The Bertz CT molecular complexity index is 990. The maximum atomic E-state index is 13.5. The molecule has 0 saturated carbocycles. The van der Waals surface area contributed by atoms with Crippen LogP contribution in [0.5, 0.6) is 0 Å². The number of aliphatic carboxylic acids is 1. The number of carbonyl (C=O) groups is 1. The Morgan fingerprint density at radius 3 is 2.79 bits per heavy atom. The molecule has 0 fully saturated rings. The number of nitrogens with zero attached hydrogens (tertiary/aromatic N) is 1. The number of carboxylic acid groups (broad SMARTS) is 1. The summed E-state index contributed by atoms with van der Waals surface area (Å²) < 4.78 is 46.1. The molecule has 33 heavy (non-hydrogen) atoms. The minimum absolute atomic E-state index is 0.0989. The third-order valence-corrected chi connectivity index (χ3v) is 6.74. The predicted octanol–water partition coefficient (Wildman–Crippen LogP) is 6.67. The number of hydrogen-bond donors (Lipinski definition) is 1. The Kier molecular flexibility index (Phi) is 8.28. The first-order chi connectivity index (χ1) is 15.6. The van der Waals surface area contributed by atoms with Gasteiger partial charge in [-0.25, -0.2) is 5.06 Å². The van der Waals surface area contributed by atoms with Gasteiger partial charge in [0.2, 0.25) is 0 Å². The Morgan fingerprint density at radius 1 is 1.39 bits per heavy atom. The number of allylic oxidation sites excluding steroid dienone is 4. The van der Waals surface area contributed by atoms with E-state index in [1.54, 1.807) is 32.1 Å². The van der Waals surface area contributed by atoms with E-state index in [9.17, 15) is 18.0 Å². The van der Waals surface area contributed by atoms with Crippen molar-refractivity contribution in [2.24, 2.45) is 0 Å². The first-order valence-electron chi connectivity index (χ1n) is 10.6. The highest BCUT2D eigenvalue weighted by Gasteiger charge is 2.46. The molecule has 1 atom stereocenters. The molecule has 0 spiro atoms. The van der Waals surface area contributed by atoms with Crippen molar-refractivity contribution in [2.75, 3.05) is 18.9 Å². The van der Waals surface area contributed by atoms with Crippen molar-refractivity contribution in [3.8, 4) is 0 Å². The van der Waals surface area contributed by atoms with E-state index in [0.717, 1.165) is 9.96 Å². The van der Waals surface area contributed by atoms with E-state index >= 15 is 0 Å². The molecule has 0 saturated heterocycles. The predicted molar refractivity (Wildman–Crippen MR) is 121 cm³/mol.